The summed E-state index contributed by atoms with van der Waals surface area (Å²) in [5.74, 6) is 0. The minimum absolute atomic E-state index is 0.0813. The summed E-state index contributed by atoms with van der Waals surface area (Å²) in [6, 6.07) is 6.12. The lowest BCUT2D eigenvalue weighted by Crippen LogP contribution is -1.96. The largest absolute Gasteiger partial charge is 0.152 e. The van der Waals surface area contributed by atoms with Crippen LogP contribution in [0, 0.1) is 13.8 Å². The Kier molecular flexibility index (Phi) is 3.58. The molecule has 2 aromatic rings. The number of rotatable bonds is 2. The fourth-order valence-electron chi connectivity index (χ4n) is 1.68. The normalized spacial score (nSPS) is 12.8. The molecule has 0 saturated heterocycles. The van der Waals surface area contributed by atoms with Gasteiger partial charge in [0.15, 0.2) is 0 Å². The quantitative estimate of drug-likeness (QED) is 0.646. The fraction of sp³-hybridized carbons (Fsp3) is 0.231. The van der Waals surface area contributed by atoms with Gasteiger partial charge in [0.2, 0.25) is 0 Å². The first-order valence-electron chi connectivity index (χ1n) is 5.02. The highest BCUT2D eigenvalue weighted by Crippen LogP contribution is 2.34. The number of alkyl halides is 1. The van der Waals surface area contributed by atoms with Crippen molar-refractivity contribution < 1.29 is 0 Å². The van der Waals surface area contributed by atoms with Crippen LogP contribution in [0.25, 0.3) is 0 Å². The van der Waals surface area contributed by atoms with Gasteiger partial charge >= 0.3 is 0 Å². The van der Waals surface area contributed by atoms with Crippen LogP contribution in [0.4, 0.5) is 0 Å². The molecule has 0 aliphatic rings. The van der Waals surface area contributed by atoms with Crippen LogP contribution in [-0.2, 0) is 0 Å². The van der Waals surface area contributed by atoms with E-state index in [1.165, 1.54) is 0 Å². The smallest absolute Gasteiger partial charge is 0.0846 e. The highest BCUT2D eigenvalue weighted by atomic mass is 35.5. The molecule has 0 amide bonds. The number of benzene rings is 1. The molecule has 16 heavy (non-hydrogen) atoms. The standard InChI is InChI=1S/C13H12Cl2S/c1-8-6-12(14)9(2)5-11(8)13(15)10-3-4-16-7-10/h3-7,13H,1-2H3. The molecule has 0 nitrogen and oxygen atoms in total. The molecule has 3 heteroatoms. The van der Waals surface area contributed by atoms with Gasteiger partial charge in [-0.1, -0.05) is 17.7 Å². The minimum atomic E-state index is -0.0813. The van der Waals surface area contributed by atoms with E-state index in [0.29, 0.717) is 0 Å². The van der Waals surface area contributed by atoms with E-state index >= 15 is 0 Å². The van der Waals surface area contributed by atoms with Crippen molar-refractivity contribution in [2.45, 2.75) is 19.2 Å². The molecule has 1 aromatic carbocycles. The third-order valence-corrected chi connectivity index (χ3v) is 4.25. The molecule has 0 aliphatic carbocycles. The first kappa shape index (κ1) is 12.0. The average Bonchev–Trinajstić information content (AvgIpc) is 2.75. The Balaban J connectivity index is 2.44. The molecular weight excluding hydrogens is 259 g/mol. The molecule has 0 bridgehead atoms. The molecule has 0 spiro atoms. The third kappa shape index (κ3) is 2.27. The lowest BCUT2D eigenvalue weighted by molar-refractivity contribution is 1.11. The van der Waals surface area contributed by atoms with Crippen LogP contribution >= 0.6 is 34.5 Å². The summed E-state index contributed by atoms with van der Waals surface area (Å²) in [5.41, 5.74) is 4.50. The van der Waals surface area contributed by atoms with E-state index in [-0.39, 0.29) is 5.38 Å². The van der Waals surface area contributed by atoms with Gasteiger partial charge < -0.3 is 0 Å². The Hall–Kier alpha value is -0.500. The minimum Gasteiger partial charge on any atom is -0.152 e. The van der Waals surface area contributed by atoms with Crippen molar-refractivity contribution in [3.8, 4) is 0 Å². The molecule has 0 aliphatic heterocycles. The molecular formula is C13H12Cl2S. The summed E-state index contributed by atoms with van der Waals surface area (Å²) in [6.45, 7) is 4.05. The second-order valence-electron chi connectivity index (χ2n) is 3.88. The summed E-state index contributed by atoms with van der Waals surface area (Å²) in [4.78, 5) is 0. The van der Waals surface area contributed by atoms with E-state index in [2.05, 4.69) is 17.5 Å². The second-order valence-corrected chi connectivity index (χ2v) is 5.50. The van der Waals surface area contributed by atoms with E-state index in [9.17, 15) is 0 Å². The number of aryl methyl sites for hydroxylation is 2. The van der Waals surface area contributed by atoms with Gasteiger partial charge in [-0.05, 0) is 59.0 Å². The van der Waals surface area contributed by atoms with Crippen LogP contribution in [0.1, 0.15) is 27.6 Å². The third-order valence-electron chi connectivity index (χ3n) is 2.66. The van der Waals surface area contributed by atoms with Crippen molar-refractivity contribution in [3.05, 3.63) is 56.2 Å². The molecule has 84 valence electrons. The van der Waals surface area contributed by atoms with E-state index in [1.807, 2.05) is 25.3 Å². The zero-order chi connectivity index (χ0) is 11.7. The van der Waals surface area contributed by atoms with Crippen LogP contribution in [0.15, 0.2) is 29.0 Å². The molecule has 0 radical (unpaired) electrons. The second kappa shape index (κ2) is 4.79. The van der Waals surface area contributed by atoms with Crippen LogP contribution in [0.5, 0.6) is 0 Å². The fourth-order valence-corrected chi connectivity index (χ4v) is 3.02. The van der Waals surface area contributed by atoms with E-state index in [4.69, 9.17) is 23.2 Å². The van der Waals surface area contributed by atoms with Gasteiger partial charge in [0, 0.05) is 5.02 Å². The molecule has 0 N–H and O–H groups in total. The summed E-state index contributed by atoms with van der Waals surface area (Å²) < 4.78 is 0. The number of thiophene rings is 1. The number of hydrogen-bond donors (Lipinski definition) is 0. The van der Waals surface area contributed by atoms with Crippen LogP contribution < -0.4 is 0 Å². The van der Waals surface area contributed by atoms with Gasteiger partial charge in [-0.25, -0.2) is 0 Å². The molecule has 0 saturated carbocycles. The highest BCUT2D eigenvalue weighted by molar-refractivity contribution is 7.08. The van der Waals surface area contributed by atoms with E-state index in [1.54, 1.807) is 11.3 Å². The summed E-state index contributed by atoms with van der Waals surface area (Å²) in [5, 5.41) is 4.85. The topological polar surface area (TPSA) is 0 Å². The SMILES string of the molecule is Cc1cc(C(Cl)c2ccsc2)c(C)cc1Cl. The summed E-state index contributed by atoms with van der Waals surface area (Å²) in [6.07, 6.45) is 0. The predicted octanol–water partition coefficient (Wildman–Crippen LogP) is 5.35. The molecule has 1 unspecified atom stereocenters. The first-order valence-corrected chi connectivity index (χ1v) is 6.78. The van der Waals surface area contributed by atoms with Crippen LogP contribution in [0.3, 0.4) is 0 Å². The molecule has 2 rings (SSSR count). The molecule has 1 aromatic heterocycles. The van der Waals surface area contributed by atoms with Crippen LogP contribution in [-0.4, -0.2) is 0 Å². The van der Waals surface area contributed by atoms with Gasteiger partial charge in [-0.2, -0.15) is 11.3 Å². The summed E-state index contributed by atoms with van der Waals surface area (Å²) in [7, 11) is 0. The van der Waals surface area contributed by atoms with Crippen molar-refractivity contribution in [2.24, 2.45) is 0 Å². The Labute approximate surface area is 110 Å². The zero-order valence-electron chi connectivity index (χ0n) is 9.13. The number of halogens is 2. The Morgan fingerprint density at radius 1 is 1.19 bits per heavy atom. The zero-order valence-corrected chi connectivity index (χ0v) is 11.5. The molecule has 1 heterocycles. The number of hydrogen-bond acceptors (Lipinski definition) is 1. The molecule has 0 fully saturated rings. The Bertz CT molecular complexity index is 489. The van der Waals surface area contributed by atoms with Crippen molar-refractivity contribution in [3.63, 3.8) is 0 Å². The first-order chi connectivity index (χ1) is 7.59. The van der Waals surface area contributed by atoms with Gasteiger partial charge in [0.1, 0.15) is 0 Å². The maximum Gasteiger partial charge on any atom is 0.0846 e. The monoisotopic (exact) mass is 270 g/mol. The average molecular weight is 271 g/mol. The van der Waals surface area contributed by atoms with Gasteiger partial charge in [-0.15, -0.1) is 11.6 Å². The highest BCUT2D eigenvalue weighted by Gasteiger charge is 2.14. The predicted molar refractivity (Wildman–Crippen MR) is 72.9 cm³/mol. The van der Waals surface area contributed by atoms with Crippen molar-refractivity contribution in [1.82, 2.24) is 0 Å². The Morgan fingerprint density at radius 3 is 2.56 bits per heavy atom. The van der Waals surface area contributed by atoms with Crippen LogP contribution in [0.2, 0.25) is 5.02 Å². The van der Waals surface area contributed by atoms with Crippen molar-refractivity contribution in [1.29, 1.82) is 0 Å². The van der Waals surface area contributed by atoms with Gasteiger partial charge in [-0.3, -0.25) is 0 Å². The van der Waals surface area contributed by atoms with E-state index in [0.717, 1.165) is 27.3 Å². The van der Waals surface area contributed by atoms with Crippen molar-refractivity contribution >= 4 is 34.5 Å². The maximum atomic E-state index is 6.47. The maximum absolute atomic E-state index is 6.47. The van der Waals surface area contributed by atoms with Gasteiger partial charge in [0.05, 0.1) is 5.38 Å². The van der Waals surface area contributed by atoms with Gasteiger partial charge in [0.25, 0.3) is 0 Å². The lowest BCUT2D eigenvalue weighted by Gasteiger charge is -2.13. The van der Waals surface area contributed by atoms with Crippen molar-refractivity contribution in [2.75, 3.05) is 0 Å². The Morgan fingerprint density at radius 2 is 1.94 bits per heavy atom. The van der Waals surface area contributed by atoms with E-state index < -0.39 is 0 Å². The lowest BCUT2D eigenvalue weighted by atomic mass is 9.99. The molecule has 1 atom stereocenters. The summed E-state index contributed by atoms with van der Waals surface area (Å²) >= 11 is 14.2.